The third-order valence-electron chi connectivity index (χ3n) is 2.17. The molecule has 19 heavy (non-hydrogen) atoms. The van der Waals surface area contributed by atoms with E-state index in [-0.39, 0.29) is 11.5 Å². The summed E-state index contributed by atoms with van der Waals surface area (Å²) in [6.45, 7) is 0. The maximum absolute atomic E-state index is 12.0. The SMILES string of the molecule is O=C(c1ccc(OC(F)(F)F)cc1)c1sccc1Br. The van der Waals surface area contributed by atoms with Crippen molar-refractivity contribution in [1.29, 1.82) is 0 Å². The summed E-state index contributed by atoms with van der Waals surface area (Å²) < 4.78 is 40.3. The Kier molecular flexibility index (Phi) is 3.96. The average molecular weight is 351 g/mol. The molecule has 1 heterocycles. The summed E-state index contributed by atoms with van der Waals surface area (Å²) in [4.78, 5) is 12.5. The Labute approximate surface area is 118 Å². The lowest BCUT2D eigenvalue weighted by molar-refractivity contribution is -0.274. The van der Waals surface area contributed by atoms with Gasteiger partial charge in [0.1, 0.15) is 5.75 Å². The minimum Gasteiger partial charge on any atom is -0.406 e. The molecule has 2 aromatic rings. The van der Waals surface area contributed by atoms with Crippen LogP contribution >= 0.6 is 27.3 Å². The first-order valence-electron chi connectivity index (χ1n) is 5.00. The molecule has 0 unspecified atom stereocenters. The number of carbonyl (C=O) groups excluding carboxylic acids is 1. The molecular weight excluding hydrogens is 345 g/mol. The number of ether oxygens (including phenoxy) is 1. The lowest BCUT2D eigenvalue weighted by atomic mass is 10.1. The predicted octanol–water partition coefficient (Wildman–Crippen LogP) is 4.64. The van der Waals surface area contributed by atoms with Gasteiger partial charge in [-0.3, -0.25) is 4.79 Å². The molecule has 0 saturated carbocycles. The van der Waals surface area contributed by atoms with Gasteiger partial charge in [-0.15, -0.1) is 24.5 Å². The molecule has 0 radical (unpaired) electrons. The number of ketones is 1. The van der Waals surface area contributed by atoms with Crippen molar-refractivity contribution in [3.05, 3.63) is 50.6 Å². The molecule has 0 amide bonds. The van der Waals surface area contributed by atoms with Crippen molar-refractivity contribution in [2.75, 3.05) is 0 Å². The first kappa shape index (κ1) is 14.1. The number of hydrogen-bond donors (Lipinski definition) is 0. The Hall–Kier alpha value is -1.34. The molecular formula is C12H6BrF3O2S. The van der Waals surface area contributed by atoms with E-state index in [1.165, 1.54) is 23.5 Å². The lowest BCUT2D eigenvalue weighted by Gasteiger charge is -2.08. The monoisotopic (exact) mass is 350 g/mol. The zero-order chi connectivity index (χ0) is 14.0. The van der Waals surface area contributed by atoms with Crippen LogP contribution in [-0.2, 0) is 0 Å². The van der Waals surface area contributed by atoms with Crippen molar-refractivity contribution in [2.45, 2.75) is 6.36 Å². The van der Waals surface area contributed by atoms with Gasteiger partial charge in [0, 0.05) is 10.0 Å². The second-order valence-electron chi connectivity index (χ2n) is 3.50. The highest BCUT2D eigenvalue weighted by atomic mass is 79.9. The van der Waals surface area contributed by atoms with Gasteiger partial charge in [-0.2, -0.15) is 0 Å². The largest absolute Gasteiger partial charge is 0.573 e. The van der Waals surface area contributed by atoms with Crippen LogP contribution < -0.4 is 4.74 Å². The molecule has 0 saturated heterocycles. The molecule has 0 spiro atoms. The second-order valence-corrected chi connectivity index (χ2v) is 5.27. The van der Waals surface area contributed by atoms with Crippen molar-refractivity contribution in [3.63, 3.8) is 0 Å². The van der Waals surface area contributed by atoms with E-state index in [2.05, 4.69) is 20.7 Å². The minimum absolute atomic E-state index is 0.250. The summed E-state index contributed by atoms with van der Waals surface area (Å²) in [5.41, 5.74) is 0.303. The summed E-state index contributed by atoms with van der Waals surface area (Å²) >= 11 is 4.49. The number of halogens is 4. The molecule has 1 aromatic carbocycles. The molecule has 0 N–H and O–H groups in total. The van der Waals surface area contributed by atoms with E-state index in [4.69, 9.17) is 0 Å². The third kappa shape index (κ3) is 3.57. The van der Waals surface area contributed by atoms with Crippen LogP contribution in [0.5, 0.6) is 5.75 Å². The number of alkyl halides is 3. The number of carbonyl (C=O) groups is 1. The summed E-state index contributed by atoms with van der Waals surface area (Å²) in [5.74, 6) is -0.602. The minimum atomic E-state index is -4.73. The van der Waals surface area contributed by atoms with E-state index in [1.54, 1.807) is 11.4 Å². The van der Waals surface area contributed by atoms with Gasteiger partial charge >= 0.3 is 6.36 Å². The average Bonchev–Trinajstić information content (AvgIpc) is 2.73. The highest BCUT2D eigenvalue weighted by Gasteiger charge is 2.31. The second kappa shape index (κ2) is 5.34. The van der Waals surface area contributed by atoms with Crippen LogP contribution in [0.15, 0.2) is 40.2 Å². The Morgan fingerprint density at radius 3 is 2.26 bits per heavy atom. The fourth-order valence-corrected chi connectivity index (χ4v) is 2.91. The highest BCUT2D eigenvalue weighted by Crippen LogP contribution is 2.27. The predicted molar refractivity (Wildman–Crippen MR) is 68.6 cm³/mol. The molecule has 0 fully saturated rings. The molecule has 0 aliphatic rings. The van der Waals surface area contributed by atoms with Crippen molar-refractivity contribution < 1.29 is 22.7 Å². The molecule has 0 aliphatic carbocycles. The third-order valence-corrected chi connectivity index (χ3v) is 4.01. The Bertz CT molecular complexity index is 590. The smallest absolute Gasteiger partial charge is 0.406 e. The molecule has 1 aromatic heterocycles. The van der Waals surface area contributed by atoms with E-state index in [0.29, 0.717) is 14.9 Å². The summed E-state index contributed by atoms with van der Waals surface area (Å²) in [7, 11) is 0. The normalized spacial score (nSPS) is 11.4. The van der Waals surface area contributed by atoms with Crippen LogP contribution in [0.1, 0.15) is 15.2 Å². The van der Waals surface area contributed by atoms with Gasteiger partial charge in [0.15, 0.2) is 0 Å². The van der Waals surface area contributed by atoms with Crippen molar-refractivity contribution in [3.8, 4) is 5.75 Å². The Morgan fingerprint density at radius 1 is 1.16 bits per heavy atom. The fourth-order valence-electron chi connectivity index (χ4n) is 1.39. The van der Waals surface area contributed by atoms with E-state index in [0.717, 1.165) is 12.1 Å². The van der Waals surface area contributed by atoms with Gasteiger partial charge in [-0.1, -0.05) is 0 Å². The maximum Gasteiger partial charge on any atom is 0.573 e. The zero-order valence-corrected chi connectivity index (χ0v) is 11.6. The van der Waals surface area contributed by atoms with E-state index in [1.807, 2.05) is 0 Å². The first-order valence-corrected chi connectivity index (χ1v) is 6.67. The van der Waals surface area contributed by atoms with Crippen LogP contribution in [0.2, 0.25) is 0 Å². The van der Waals surface area contributed by atoms with Crippen LogP contribution in [0.4, 0.5) is 13.2 Å². The molecule has 7 heteroatoms. The summed E-state index contributed by atoms with van der Waals surface area (Å²) in [6, 6.07) is 6.56. The maximum atomic E-state index is 12.0. The quantitative estimate of drug-likeness (QED) is 0.753. The Balaban J connectivity index is 2.19. The molecule has 0 atom stereocenters. The van der Waals surface area contributed by atoms with Crippen LogP contribution in [-0.4, -0.2) is 12.1 Å². The Morgan fingerprint density at radius 2 is 1.79 bits per heavy atom. The van der Waals surface area contributed by atoms with Gasteiger partial charge in [0.2, 0.25) is 5.78 Å². The topological polar surface area (TPSA) is 26.3 Å². The van der Waals surface area contributed by atoms with Gasteiger partial charge in [0.25, 0.3) is 0 Å². The zero-order valence-electron chi connectivity index (χ0n) is 9.20. The standard InChI is InChI=1S/C12H6BrF3O2S/c13-9-5-6-19-11(9)10(17)7-1-3-8(4-2-7)18-12(14,15)16/h1-6H. The number of hydrogen-bond acceptors (Lipinski definition) is 3. The van der Waals surface area contributed by atoms with Crippen molar-refractivity contribution in [1.82, 2.24) is 0 Å². The highest BCUT2D eigenvalue weighted by molar-refractivity contribution is 9.10. The molecule has 0 aliphatic heterocycles. The van der Waals surface area contributed by atoms with Crippen molar-refractivity contribution >= 4 is 33.0 Å². The number of benzene rings is 1. The summed E-state index contributed by atoms with van der Waals surface area (Å²) in [5, 5.41) is 1.75. The van der Waals surface area contributed by atoms with Gasteiger partial charge < -0.3 is 4.74 Å². The van der Waals surface area contributed by atoms with Crippen LogP contribution in [0.3, 0.4) is 0 Å². The first-order chi connectivity index (χ1) is 8.87. The van der Waals surface area contributed by atoms with E-state index >= 15 is 0 Å². The van der Waals surface area contributed by atoms with E-state index in [9.17, 15) is 18.0 Å². The van der Waals surface area contributed by atoms with Gasteiger partial charge in [-0.25, -0.2) is 0 Å². The molecule has 2 nitrogen and oxygen atoms in total. The molecule has 100 valence electrons. The van der Waals surface area contributed by atoms with Gasteiger partial charge in [-0.05, 0) is 51.6 Å². The van der Waals surface area contributed by atoms with E-state index < -0.39 is 6.36 Å². The number of rotatable bonds is 3. The van der Waals surface area contributed by atoms with Crippen molar-refractivity contribution in [2.24, 2.45) is 0 Å². The fraction of sp³-hybridized carbons (Fsp3) is 0.0833. The summed E-state index contributed by atoms with van der Waals surface area (Å²) in [6.07, 6.45) is -4.73. The van der Waals surface area contributed by atoms with Crippen LogP contribution in [0, 0.1) is 0 Å². The van der Waals surface area contributed by atoms with Gasteiger partial charge in [0.05, 0.1) is 4.88 Å². The molecule has 0 bridgehead atoms. The molecule has 2 rings (SSSR count). The lowest BCUT2D eigenvalue weighted by Crippen LogP contribution is -2.17. The van der Waals surface area contributed by atoms with Crippen LogP contribution in [0.25, 0.3) is 0 Å². The number of thiophene rings is 1.